The topological polar surface area (TPSA) is 66.5 Å². The molecule has 5 heteroatoms. The third-order valence-corrected chi connectivity index (χ3v) is 4.99. The Balaban J connectivity index is 3.84. The SMILES string of the molecule is CC(C)(N)CC(C)(C)SSCC(O)CO. The van der Waals surface area contributed by atoms with Gasteiger partial charge in [-0.3, -0.25) is 0 Å². The molecule has 0 rings (SSSR count). The van der Waals surface area contributed by atoms with E-state index in [1.165, 1.54) is 0 Å². The molecule has 0 aromatic carbocycles. The van der Waals surface area contributed by atoms with Crippen molar-refractivity contribution < 1.29 is 10.2 Å². The van der Waals surface area contributed by atoms with Crippen molar-refractivity contribution in [2.75, 3.05) is 12.4 Å². The lowest BCUT2D eigenvalue weighted by molar-refractivity contribution is 0.114. The Morgan fingerprint density at radius 1 is 1.27 bits per heavy atom. The number of hydrogen-bond donors (Lipinski definition) is 3. The third-order valence-electron chi connectivity index (χ3n) is 1.64. The number of hydrogen-bond acceptors (Lipinski definition) is 5. The van der Waals surface area contributed by atoms with Crippen LogP contribution in [0.2, 0.25) is 0 Å². The van der Waals surface area contributed by atoms with E-state index in [1.54, 1.807) is 21.6 Å². The lowest BCUT2D eigenvalue weighted by Gasteiger charge is -2.31. The van der Waals surface area contributed by atoms with E-state index >= 15 is 0 Å². The normalized spacial score (nSPS) is 15.4. The molecule has 0 spiro atoms. The minimum Gasteiger partial charge on any atom is -0.394 e. The van der Waals surface area contributed by atoms with E-state index < -0.39 is 6.10 Å². The fraction of sp³-hybridized carbons (Fsp3) is 1.00. The average Bonchev–Trinajstić information content (AvgIpc) is 1.98. The van der Waals surface area contributed by atoms with Crippen LogP contribution >= 0.6 is 21.6 Å². The maximum Gasteiger partial charge on any atom is 0.0869 e. The molecule has 0 aromatic rings. The van der Waals surface area contributed by atoms with Crippen molar-refractivity contribution >= 4 is 21.6 Å². The van der Waals surface area contributed by atoms with Crippen LogP contribution in [0.4, 0.5) is 0 Å². The van der Waals surface area contributed by atoms with E-state index in [9.17, 15) is 5.11 Å². The molecule has 0 aromatic heterocycles. The summed E-state index contributed by atoms with van der Waals surface area (Å²) in [6.07, 6.45) is 0.288. The van der Waals surface area contributed by atoms with E-state index in [-0.39, 0.29) is 16.9 Å². The molecule has 3 nitrogen and oxygen atoms in total. The standard InChI is InChI=1S/C10H23NO2S2/c1-9(2,11)7-10(3,4)15-14-6-8(13)5-12/h8,12-13H,5-7,11H2,1-4H3. The molecule has 0 aliphatic rings. The highest BCUT2D eigenvalue weighted by Gasteiger charge is 2.26. The molecular formula is C10H23NO2S2. The van der Waals surface area contributed by atoms with E-state index in [1.807, 2.05) is 13.8 Å². The van der Waals surface area contributed by atoms with Crippen molar-refractivity contribution in [1.29, 1.82) is 0 Å². The second-order valence-corrected chi connectivity index (χ2v) is 8.18. The third kappa shape index (κ3) is 9.51. The van der Waals surface area contributed by atoms with E-state index in [0.29, 0.717) is 5.75 Å². The molecular weight excluding hydrogens is 230 g/mol. The molecule has 92 valence electrons. The number of rotatable bonds is 7. The van der Waals surface area contributed by atoms with Crippen molar-refractivity contribution in [1.82, 2.24) is 0 Å². The van der Waals surface area contributed by atoms with Crippen LogP contribution in [0.5, 0.6) is 0 Å². The summed E-state index contributed by atoms with van der Waals surface area (Å²) in [5.74, 6) is 0.551. The van der Waals surface area contributed by atoms with Gasteiger partial charge in [0.2, 0.25) is 0 Å². The second-order valence-electron chi connectivity index (χ2n) is 5.13. The van der Waals surface area contributed by atoms with Gasteiger partial charge in [-0.2, -0.15) is 0 Å². The van der Waals surface area contributed by atoms with Crippen LogP contribution in [-0.2, 0) is 0 Å². The van der Waals surface area contributed by atoms with Gasteiger partial charge in [-0.1, -0.05) is 21.6 Å². The first-order chi connectivity index (χ1) is 6.66. The highest BCUT2D eigenvalue weighted by molar-refractivity contribution is 8.77. The number of nitrogens with two attached hydrogens (primary N) is 1. The maximum absolute atomic E-state index is 9.18. The Bertz CT molecular complexity index is 181. The van der Waals surface area contributed by atoms with Gasteiger partial charge in [0.1, 0.15) is 0 Å². The van der Waals surface area contributed by atoms with Gasteiger partial charge < -0.3 is 15.9 Å². The molecule has 15 heavy (non-hydrogen) atoms. The predicted octanol–water partition coefficient (Wildman–Crippen LogP) is 1.63. The molecule has 4 N–H and O–H groups in total. The molecule has 0 aliphatic heterocycles. The van der Waals surface area contributed by atoms with Crippen LogP contribution < -0.4 is 5.73 Å². The highest BCUT2D eigenvalue weighted by atomic mass is 33.1. The van der Waals surface area contributed by atoms with Gasteiger partial charge >= 0.3 is 0 Å². The first kappa shape index (κ1) is 15.6. The monoisotopic (exact) mass is 253 g/mol. The summed E-state index contributed by atoms with van der Waals surface area (Å²) in [6, 6.07) is 0. The quantitative estimate of drug-likeness (QED) is 0.602. The summed E-state index contributed by atoms with van der Waals surface area (Å²) in [7, 11) is 3.30. The van der Waals surface area contributed by atoms with E-state index in [4.69, 9.17) is 10.8 Å². The number of aliphatic hydroxyl groups is 2. The molecule has 0 saturated carbocycles. The Morgan fingerprint density at radius 3 is 2.20 bits per heavy atom. The molecule has 0 saturated heterocycles. The Morgan fingerprint density at radius 2 is 1.80 bits per heavy atom. The zero-order valence-electron chi connectivity index (χ0n) is 9.99. The van der Waals surface area contributed by atoms with Crippen molar-refractivity contribution in [3.63, 3.8) is 0 Å². The van der Waals surface area contributed by atoms with Crippen LogP contribution in [0, 0.1) is 0 Å². The van der Waals surface area contributed by atoms with Crippen LogP contribution in [0.3, 0.4) is 0 Å². The fourth-order valence-corrected chi connectivity index (χ4v) is 4.34. The largest absolute Gasteiger partial charge is 0.394 e. The minimum atomic E-state index is -0.621. The van der Waals surface area contributed by atoms with Gasteiger partial charge in [0, 0.05) is 16.0 Å². The average molecular weight is 253 g/mol. The second kappa shape index (κ2) is 6.35. The van der Waals surface area contributed by atoms with Crippen LogP contribution in [0.25, 0.3) is 0 Å². The van der Waals surface area contributed by atoms with E-state index in [2.05, 4.69) is 13.8 Å². The van der Waals surface area contributed by atoms with Crippen molar-refractivity contribution in [2.24, 2.45) is 5.73 Å². The fourth-order valence-electron chi connectivity index (χ4n) is 1.45. The van der Waals surface area contributed by atoms with Gasteiger partial charge in [-0.25, -0.2) is 0 Å². The van der Waals surface area contributed by atoms with Gasteiger partial charge in [-0.15, -0.1) is 0 Å². The summed E-state index contributed by atoms with van der Waals surface area (Å²) < 4.78 is 0.0814. The Labute approximate surface area is 101 Å². The maximum atomic E-state index is 9.18. The molecule has 1 unspecified atom stereocenters. The van der Waals surface area contributed by atoms with Crippen LogP contribution in [0.15, 0.2) is 0 Å². The molecule has 0 fully saturated rings. The van der Waals surface area contributed by atoms with Crippen LogP contribution in [0.1, 0.15) is 34.1 Å². The first-order valence-electron chi connectivity index (χ1n) is 5.05. The van der Waals surface area contributed by atoms with Crippen molar-refractivity contribution in [2.45, 2.75) is 50.5 Å². The molecule has 1 atom stereocenters. The zero-order chi connectivity index (χ0) is 12.1. The first-order valence-corrected chi connectivity index (χ1v) is 7.37. The summed E-state index contributed by atoms with van der Waals surface area (Å²) in [5, 5.41) is 17.8. The van der Waals surface area contributed by atoms with Crippen LogP contribution in [-0.4, -0.2) is 39.0 Å². The summed E-state index contributed by atoms with van der Waals surface area (Å²) in [4.78, 5) is 0. The molecule has 0 aliphatic carbocycles. The summed E-state index contributed by atoms with van der Waals surface area (Å²) >= 11 is 0. The predicted molar refractivity (Wildman–Crippen MR) is 70.1 cm³/mol. The number of aliphatic hydroxyl groups excluding tert-OH is 2. The lowest BCUT2D eigenvalue weighted by atomic mass is 9.93. The molecule has 0 amide bonds. The Kier molecular flexibility index (Phi) is 6.59. The summed E-state index contributed by atoms with van der Waals surface area (Å²) in [5.41, 5.74) is 5.79. The Hall–Kier alpha value is 0.580. The molecule has 0 bridgehead atoms. The molecule has 0 heterocycles. The van der Waals surface area contributed by atoms with Gasteiger partial charge in [0.15, 0.2) is 0 Å². The minimum absolute atomic E-state index is 0.0814. The zero-order valence-corrected chi connectivity index (χ0v) is 11.6. The van der Waals surface area contributed by atoms with Gasteiger partial charge in [0.25, 0.3) is 0 Å². The van der Waals surface area contributed by atoms with Gasteiger partial charge in [0.05, 0.1) is 12.7 Å². The van der Waals surface area contributed by atoms with Crippen molar-refractivity contribution in [3.05, 3.63) is 0 Å². The summed E-state index contributed by atoms with van der Waals surface area (Å²) in [6.45, 7) is 8.15. The van der Waals surface area contributed by atoms with Gasteiger partial charge in [-0.05, 0) is 34.1 Å². The highest BCUT2D eigenvalue weighted by Crippen LogP contribution is 2.40. The smallest absolute Gasteiger partial charge is 0.0869 e. The lowest BCUT2D eigenvalue weighted by Crippen LogP contribution is -2.38. The van der Waals surface area contributed by atoms with E-state index in [0.717, 1.165) is 6.42 Å². The van der Waals surface area contributed by atoms with Crippen molar-refractivity contribution in [3.8, 4) is 0 Å². The molecule has 0 radical (unpaired) electrons.